The molecule has 3 nitrogen and oxygen atoms in total. The van der Waals surface area contributed by atoms with Gasteiger partial charge in [-0.3, -0.25) is 4.98 Å². The molecule has 2 aromatic rings. The Hall–Kier alpha value is -1.85. The fourth-order valence-corrected chi connectivity index (χ4v) is 2.41. The number of aromatic nitrogens is 1. The number of hydrogen-bond acceptors (Lipinski definition) is 3. The number of halogens is 2. The second-order valence-electron chi connectivity index (χ2n) is 5.53. The first-order chi connectivity index (χ1) is 10.5. The first-order valence-corrected chi connectivity index (χ1v) is 7.25. The number of rotatable bonds is 6. The summed E-state index contributed by atoms with van der Waals surface area (Å²) in [6, 6.07) is 7.17. The van der Waals surface area contributed by atoms with Gasteiger partial charge in [0.2, 0.25) is 0 Å². The average Bonchev–Trinajstić information content (AvgIpc) is 2.47. The second-order valence-corrected chi connectivity index (χ2v) is 5.53. The maximum atomic E-state index is 13.2. The third kappa shape index (κ3) is 4.58. The van der Waals surface area contributed by atoms with Gasteiger partial charge in [0.05, 0.1) is 12.3 Å². The number of hydrogen-bond donors (Lipinski definition) is 2. The van der Waals surface area contributed by atoms with Crippen LogP contribution in [0.4, 0.5) is 8.78 Å². The van der Waals surface area contributed by atoms with Crippen molar-refractivity contribution in [2.75, 3.05) is 0 Å². The van der Waals surface area contributed by atoms with Gasteiger partial charge in [-0.1, -0.05) is 12.1 Å². The lowest BCUT2D eigenvalue weighted by atomic mass is 10.0. The molecule has 0 aliphatic heterocycles. The van der Waals surface area contributed by atoms with Crippen LogP contribution in [0.5, 0.6) is 0 Å². The number of benzene rings is 1. The van der Waals surface area contributed by atoms with Crippen molar-refractivity contribution in [1.82, 2.24) is 10.3 Å². The van der Waals surface area contributed by atoms with E-state index in [1.165, 1.54) is 18.2 Å². The van der Waals surface area contributed by atoms with Crippen LogP contribution >= 0.6 is 0 Å². The fraction of sp³-hybridized carbons (Fsp3) is 0.353. The van der Waals surface area contributed by atoms with Crippen molar-refractivity contribution in [2.45, 2.75) is 38.5 Å². The molecular weight excluding hydrogens is 286 g/mol. The second kappa shape index (κ2) is 7.42. The van der Waals surface area contributed by atoms with Crippen molar-refractivity contribution in [3.05, 3.63) is 65.5 Å². The highest BCUT2D eigenvalue weighted by molar-refractivity contribution is 5.19. The molecule has 0 fully saturated rings. The Kier molecular flexibility index (Phi) is 5.57. The molecular formula is C17H20F2N2O. The van der Waals surface area contributed by atoms with Gasteiger partial charge in [0.25, 0.3) is 0 Å². The zero-order valence-electron chi connectivity index (χ0n) is 12.6. The van der Waals surface area contributed by atoms with Gasteiger partial charge >= 0.3 is 0 Å². The van der Waals surface area contributed by atoms with Crippen molar-refractivity contribution >= 4 is 0 Å². The molecule has 118 valence electrons. The number of aliphatic hydroxyl groups excluding tert-OH is 1. The Morgan fingerprint density at radius 3 is 2.36 bits per heavy atom. The van der Waals surface area contributed by atoms with Gasteiger partial charge in [-0.15, -0.1) is 0 Å². The van der Waals surface area contributed by atoms with E-state index < -0.39 is 6.10 Å². The lowest BCUT2D eigenvalue weighted by molar-refractivity contribution is 0.152. The zero-order chi connectivity index (χ0) is 16.1. The summed E-state index contributed by atoms with van der Waals surface area (Å²) in [4.78, 5) is 3.83. The highest BCUT2D eigenvalue weighted by Crippen LogP contribution is 2.20. The Balaban J connectivity index is 1.91. The normalized spacial score (nSPS) is 15.3. The number of nitrogens with one attached hydrogen (secondary N) is 1. The van der Waals surface area contributed by atoms with Crippen molar-refractivity contribution in [1.29, 1.82) is 0 Å². The van der Waals surface area contributed by atoms with E-state index >= 15 is 0 Å². The van der Waals surface area contributed by atoms with Crippen LogP contribution < -0.4 is 5.32 Å². The topological polar surface area (TPSA) is 45.1 Å². The molecule has 0 spiro atoms. The van der Waals surface area contributed by atoms with Crippen LogP contribution in [-0.2, 0) is 0 Å². The Bertz CT molecular complexity index is 604. The Morgan fingerprint density at radius 1 is 1.05 bits per heavy atom. The van der Waals surface area contributed by atoms with Crippen molar-refractivity contribution in [2.24, 2.45) is 0 Å². The molecule has 0 bridgehead atoms. The summed E-state index contributed by atoms with van der Waals surface area (Å²) in [5, 5.41) is 13.5. The number of nitrogens with zero attached hydrogens (tertiary/aromatic N) is 1. The van der Waals surface area contributed by atoms with Crippen LogP contribution in [0.1, 0.15) is 43.5 Å². The van der Waals surface area contributed by atoms with Crippen LogP contribution in [0.3, 0.4) is 0 Å². The third-order valence-corrected chi connectivity index (χ3v) is 3.59. The molecule has 0 aliphatic carbocycles. The van der Waals surface area contributed by atoms with Gasteiger partial charge in [-0.2, -0.15) is 0 Å². The molecule has 22 heavy (non-hydrogen) atoms. The predicted octanol–water partition coefficient (Wildman–Crippen LogP) is 3.52. The molecule has 1 aromatic heterocycles. The average molecular weight is 306 g/mol. The molecule has 2 rings (SSSR count). The molecule has 5 heteroatoms. The summed E-state index contributed by atoms with van der Waals surface area (Å²) in [5.74, 6) is -0.695. The molecule has 1 heterocycles. The molecule has 0 unspecified atom stereocenters. The standard InChI is InChI=1S/C17H20F2N2O/c1-11(7-17(22)13-3-5-15(18)6-4-13)21-12(2)14-8-16(19)10-20-9-14/h3-6,8-12,17,21-22H,7H2,1-2H3/t11-,12+,17+/m1/s1. The third-order valence-electron chi connectivity index (χ3n) is 3.59. The summed E-state index contributed by atoms with van der Waals surface area (Å²) in [6.07, 6.45) is 2.57. The van der Waals surface area contributed by atoms with Crippen molar-refractivity contribution in [3.63, 3.8) is 0 Å². The highest BCUT2D eigenvalue weighted by Gasteiger charge is 2.15. The quantitative estimate of drug-likeness (QED) is 0.858. The van der Waals surface area contributed by atoms with Gasteiger partial charge in [-0.25, -0.2) is 8.78 Å². The lowest BCUT2D eigenvalue weighted by Crippen LogP contribution is -2.30. The van der Waals surface area contributed by atoms with E-state index in [9.17, 15) is 13.9 Å². The van der Waals surface area contributed by atoms with Gasteiger partial charge in [0.15, 0.2) is 0 Å². The Morgan fingerprint density at radius 2 is 1.73 bits per heavy atom. The maximum Gasteiger partial charge on any atom is 0.141 e. The minimum absolute atomic E-state index is 0.00156. The summed E-state index contributed by atoms with van der Waals surface area (Å²) in [7, 11) is 0. The van der Waals surface area contributed by atoms with Gasteiger partial charge < -0.3 is 10.4 Å². The summed E-state index contributed by atoms with van der Waals surface area (Å²) < 4.78 is 26.0. The van der Waals surface area contributed by atoms with E-state index in [1.54, 1.807) is 18.3 Å². The van der Waals surface area contributed by atoms with E-state index in [0.717, 1.165) is 11.8 Å². The van der Waals surface area contributed by atoms with Gasteiger partial charge in [-0.05, 0) is 49.6 Å². The molecule has 3 atom stereocenters. The molecule has 0 saturated heterocycles. The van der Waals surface area contributed by atoms with Crippen molar-refractivity contribution in [3.8, 4) is 0 Å². The lowest BCUT2D eigenvalue weighted by Gasteiger charge is -2.22. The molecule has 0 saturated carbocycles. The first-order valence-electron chi connectivity index (χ1n) is 7.25. The fourth-order valence-electron chi connectivity index (χ4n) is 2.41. The highest BCUT2D eigenvalue weighted by atomic mass is 19.1. The van der Waals surface area contributed by atoms with Crippen LogP contribution in [0.15, 0.2) is 42.7 Å². The van der Waals surface area contributed by atoms with Gasteiger partial charge in [0.1, 0.15) is 11.6 Å². The molecule has 1 aromatic carbocycles. The van der Waals surface area contributed by atoms with Crippen molar-refractivity contribution < 1.29 is 13.9 Å². The SMILES string of the molecule is C[C@H](C[C@H](O)c1ccc(F)cc1)N[C@@H](C)c1cncc(F)c1. The van der Waals surface area contributed by atoms with Crippen LogP contribution in [-0.4, -0.2) is 16.1 Å². The van der Waals surface area contributed by atoms with E-state index in [4.69, 9.17) is 0 Å². The summed E-state index contributed by atoms with van der Waals surface area (Å²) in [5.41, 5.74) is 1.43. The van der Waals surface area contributed by atoms with E-state index in [1.807, 2.05) is 13.8 Å². The predicted molar refractivity (Wildman–Crippen MR) is 81.2 cm³/mol. The molecule has 0 amide bonds. The number of aliphatic hydroxyl groups is 1. The summed E-state index contributed by atoms with van der Waals surface area (Å²) in [6.45, 7) is 3.85. The number of pyridine rings is 1. The van der Waals surface area contributed by atoms with Crippen LogP contribution in [0, 0.1) is 11.6 Å². The summed E-state index contributed by atoms with van der Waals surface area (Å²) >= 11 is 0. The molecule has 2 N–H and O–H groups in total. The zero-order valence-corrected chi connectivity index (χ0v) is 12.6. The molecule has 0 radical (unpaired) electrons. The smallest absolute Gasteiger partial charge is 0.141 e. The van der Waals surface area contributed by atoms with Crippen LogP contribution in [0.2, 0.25) is 0 Å². The Labute approximate surface area is 129 Å². The monoisotopic (exact) mass is 306 g/mol. The van der Waals surface area contributed by atoms with E-state index in [0.29, 0.717) is 12.0 Å². The first kappa shape index (κ1) is 16.5. The van der Waals surface area contributed by atoms with E-state index in [2.05, 4.69) is 10.3 Å². The van der Waals surface area contributed by atoms with Crippen LogP contribution in [0.25, 0.3) is 0 Å². The van der Waals surface area contributed by atoms with E-state index in [-0.39, 0.29) is 23.7 Å². The minimum atomic E-state index is -0.680. The largest absolute Gasteiger partial charge is 0.388 e. The minimum Gasteiger partial charge on any atom is -0.388 e. The van der Waals surface area contributed by atoms with Gasteiger partial charge in [0, 0.05) is 18.3 Å². The maximum absolute atomic E-state index is 13.2. The molecule has 0 aliphatic rings.